The van der Waals surface area contributed by atoms with Gasteiger partial charge in [0, 0.05) is 44.0 Å². The number of aryl methyl sites for hydroxylation is 1. The molecule has 1 aromatic heterocycles. The number of halogens is 1. The summed E-state index contributed by atoms with van der Waals surface area (Å²) in [5.74, 6) is 1.15. The van der Waals surface area contributed by atoms with E-state index in [0.29, 0.717) is 32.0 Å². The molecule has 0 unspecified atom stereocenters. The molecule has 2 heterocycles. The van der Waals surface area contributed by atoms with Gasteiger partial charge in [0.05, 0.1) is 15.5 Å². The van der Waals surface area contributed by atoms with Crippen molar-refractivity contribution >= 4 is 40.5 Å². The van der Waals surface area contributed by atoms with Crippen LogP contribution in [-0.2, 0) is 0 Å². The molecule has 10 heteroatoms. The molecule has 1 aliphatic heterocycles. The molecule has 0 bridgehead atoms. The number of rotatable bonds is 5. The van der Waals surface area contributed by atoms with E-state index >= 15 is 0 Å². The summed E-state index contributed by atoms with van der Waals surface area (Å²) in [6.45, 7) is 4.19. The lowest BCUT2D eigenvalue weighted by Gasteiger charge is -2.35. The first kappa shape index (κ1) is 21.5. The number of anilines is 3. The molecule has 1 saturated heterocycles. The van der Waals surface area contributed by atoms with Crippen LogP contribution in [0.2, 0.25) is 5.02 Å². The fourth-order valence-electron chi connectivity index (χ4n) is 3.45. The smallest absolute Gasteiger partial charge is 0.270 e. The van der Waals surface area contributed by atoms with E-state index in [-0.39, 0.29) is 22.2 Å². The molecule has 32 heavy (non-hydrogen) atoms. The van der Waals surface area contributed by atoms with Crippen molar-refractivity contribution in [3.05, 3.63) is 80.9 Å². The number of benzene rings is 2. The van der Waals surface area contributed by atoms with Crippen LogP contribution in [0.15, 0.2) is 54.6 Å². The third kappa shape index (κ3) is 4.78. The second-order valence-electron chi connectivity index (χ2n) is 7.47. The predicted octanol–water partition coefficient (Wildman–Crippen LogP) is 4.05. The van der Waals surface area contributed by atoms with E-state index in [0.717, 1.165) is 11.5 Å². The van der Waals surface area contributed by atoms with Crippen LogP contribution in [0.4, 0.5) is 23.0 Å². The first-order valence-electron chi connectivity index (χ1n) is 10.1. The molecule has 1 fully saturated rings. The molecule has 164 valence electrons. The molecular weight excluding hydrogens is 432 g/mol. The van der Waals surface area contributed by atoms with E-state index in [1.165, 1.54) is 23.8 Å². The summed E-state index contributed by atoms with van der Waals surface area (Å²) in [5, 5.41) is 22.7. The topological polar surface area (TPSA) is 104 Å². The zero-order valence-corrected chi connectivity index (χ0v) is 18.1. The van der Waals surface area contributed by atoms with Crippen molar-refractivity contribution in [3.8, 4) is 0 Å². The molecule has 0 saturated carbocycles. The second-order valence-corrected chi connectivity index (χ2v) is 7.88. The molecule has 1 amide bonds. The molecule has 0 aliphatic carbocycles. The Morgan fingerprint density at radius 3 is 2.34 bits per heavy atom. The first-order chi connectivity index (χ1) is 15.4. The number of hydrogen-bond donors (Lipinski definition) is 1. The van der Waals surface area contributed by atoms with E-state index in [9.17, 15) is 14.9 Å². The fraction of sp³-hybridized carbons (Fsp3) is 0.227. The van der Waals surface area contributed by atoms with Crippen molar-refractivity contribution in [1.82, 2.24) is 15.1 Å². The molecule has 3 aromatic rings. The number of carbonyl (C=O) groups excluding carboxylic acids is 1. The number of non-ortho nitro benzene ring substituents is 1. The Kier molecular flexibility index (Phi) is 6.18. The van der Waals surface area contributed by atoms with E-state index in [2.05, 4.69) is 20.4 Å². The summed E-state index contributed by atoms with van der Waals surface area (Å²) in [6.07, 6.45) is 0. The maximum absolute atomic E-state index is 12.8. The minimum Gasteiger partial charge on any atom is -0.352 e. The van der Waals surface area contributed by atoms with Gasteiger partial charge in [-0.3, -0.25) is 14.9 Å². The van der Waals surface area contributed by atoms with Gasteiger partial charge in [0.2, 0.25) is 0 Å². The number of nitro benzene ring substituents is 1. The predicted molar refractivity (Wildman–Crippen MR) is 123 cm³/mol. The van der Waals surface area contributed by atoms with Crippen molar-refractivity contribution in [3.63, 3.8) is 0 Å². The Morgan fingerprint density at radius 2 is 1.75 bits per heavy atom. The Balaban J connectivity index is 1.35. The van der Waals surface area contributed by atoms with Gasteiger partial charge in [-0.1, -0.05) is 29.3 Å². The summed E-state index contributed by atoms with van der Waals surface area (Å²) in [5.41, 5.74) is 2.24. The van der Waals surface area contributed by atoms with E-state index in [4.69, 9.17) is 11.6 Å². The number of aromatic nitrogens is 2. The average Bonchev–Trinajstić information content (AvgIpc) is 2.81. The van der Waals surface area contributed by atoms with Crippen LogP contribution in [0, 0.1) is 17.0 Å². The number of piperazine rings is 1. The highest BCUT2D eigenvalue weighted by molar-refractivity contribution is 6.34. The van der Waals surface area contributed by atoms with Gasteiger partial charge in [-0.2, -0.15) is 0 Å². The maximum Gasteiger partial charge on any atom is 0.270 e. The van der Waals surface area contributed by atoms with Gasteiger partial charge >= 0.3 is 0 Å². The van der Waals surface area contributed by atoms with Crippen molar-refractivity contribution < 1.29 is 9.72 Å². The number of carbonyl (C=O) groups is 1. The Bertz CT molecular complexity index is 1130. The maximum atomic E-state index is 12.8. The van der Waals surface area contributed by atoms with Crippen molar-refractivity contribution in [2.24, 2.45) is 0 Å². The fourth-order valence-corrected chi connectivity index (χ4v) is 3.70. The SMILES string of the molecule is Cc1ccc(Nc2ccc(N3CCN(C(=O)c4ccc([N+](=O)[O-])cc4Cl)CC3)nn2)cc1. The summed E-state index contributed by atoms with van der Waals surface area (Å²) in [6, 6.07) is 15.7. The lowest BCUT2D eigenvalue weighted by Crippen LogP contribution is -2.49. The highest BCUT2D eigenvalue weighted by atomic mass is 35.5. The number of nitrogens with zero attached hydrogens (tertiary/aromatic N) is 5. The Hall–Kier alpha value is -3.72. The van der Waals surface area contributed by atoms with Gasteiger partial charge < -0.3 is 15.1 Å². The summed E-state index contributed by atoms with van der Waals surface area (Å²) < 4.78 is 0. The van der Waals surface area contributed by atoms with Gasteiger partial charge in [0.15, 0.2) is 11.6 Å². The van der Waals surface area contributed by atoms with Gasteiger partial charge in [-0.15, -0.1) is 10.2 Å². The van der Waals surface area contributed by atoms with E-state index < -0.39 is 4.92 Å². The third-order valence-corrected chi connectivity index (χ3v) is 5.57. The third-order valence-electron chi connectivity index (χ3n) is 5.26. The average molecular weight is 453 g/mol. The Labute approximate surface area is 189 Å². The molecule has 1 aliphatic rings. The largest absolute Gasteiger partial charge is 0.352 e. The molecule has 2 aromatic carbocycles. The summed E-state index contributed by atoms with van der Waals surface area (Å²) in [4.78, 5) is 26.9. The quantitative estimate of drug-likeness (QED) is 0.459. The summed E-state index contributed by atoms with van der Waals surface area (Å²) >= 11 is 6.11. The number of hydrogen-bond acceptors (Lipinski definition) is 7. The molecule has 0 atom stereocenters. The van der Waals surface area contributed by atoms with E-state index in [1.807, 2.05) is 43.3 Å². The van der Waals surface area contributed by atoms with Crippen LogP contribution < -0.4 is 10.2 Å². The van der Waals surface area contributed by atoms with Gasteiger partial charge in [0.25, 0.3) is 11.6 Å². The number of amides is 1. The van der Waals surface area contributed by atoms with Gasteiger partial charge in [-0.05, 0) is 37.3 Å². The molecule has 4 rings (SSSR count). The highest BCUT2D eigenvalue weighted by Gasteiger charge is 2.25. The molecule has 9 nitrogen and oxygen atoms in total. The van der Waals surface area contributed by atoms with Crippen LogP contribution in [0.5, 0.6) is 0 Å². The standard InChI is InChI=1S/C22H21ClN6O3/c1-15-2-4-16(5-3-15)24-20-8-9-21(26-25-20)27-10-12-28(13-11-27)22(30)18-7-6-17(29(31)32)14-19(18)23/h2-9,14H,10-13H2,1H3,(H,24,25). The lowest BCUT2D eigenvalue weighted by atomic mass is 10.1. The van der Waals surface area contributed by atoms with Crippen molar-refractivity contribution in [1.29, 1.82) is 0 Å². The van der Waals surface area contributed by atoms with Crippen LogP contribution >= 0.6 is 11.6 Å². The van der Waals surface area contributed by atoms with Crippen LogP contribution in [0.1, 0.15) is 15.9 Å². The van der Waals surface area contributed by atoms with Gasteiger partial charge in [-0.25, -0.2) is 0 Å². The second kappa shape index (κ2) is 9.19. The minimum atomic E-state index is -0.540. The minimum absolute atomic E-state index is 0.0779. The molecular formula is C22H21ClN6O3. The van der Waals surface area contributed by atoms with Crippen molar-refractivity contribution in [2.45, 2.75) is 6.92 Å². The van der Waals surface area contributed by atoms with Crippen molar-refractivity contribution in [2.75, 3.05) is 36.4 Å². The molecule has 0 spiro atoms. The zero-order valence-electron chi connectivity index (χ0n) is 17.4. The number of nitrogens with one attached hydrogen (secondary N) is 1. The molecule has 0 radical (unpaired) electrons. The highest BCUT2D eigenvalue weighted by Crippen LogP contribution is 2.25. The van der Waals surface area contributed by atoms with Gasteiger partial charge in [0.1, 0.15) is 0 Å². The van der Waals surface area contributed by atoms with Crippen LogP contribution in [0.3, 0.4) is 0 Å². The monoisotopic (exact) mass is 452 g/mol. The van der Waals surface area contributed by atoms with Crippen LogP contribution in [0.25, 0.3) is 0 Å². The first-order valence-corrected chi connectivity index (χ1v) is 10.4. The molecule has 1 N–H and O–H groups in total. The van der Waals surface area contributed by atoms with E-state index in [1.54, 1.807) is 4.90 Å². The lowest BCUT2D eigenvalue weighted by molar-refractivity contribution is -0.384. The summed E-state index contributed by atoms with van der Waals surface area (Å²) in [7, 11) is 0. The van der Waals surface area contributed by atoms with Crippen LogP contribution in [-0.4, -0.2) is 52.1 Å². The normalized spacial score (nSPS) is 13.7. The zero-order chi connectivity index (χ0) is 22.7. The number of nitro groups is 1. The Morgan fingerprint density at radius 1 is 1.03 bits per heavy atom.